The van der Waals surface area contributed by atoms with Gasteiger partial charge in [0.15, 0.2) is 5.60 Å². The molecule has 3 aromatic carbocycles. The monoisotopic (exact) mass is 302 g/mol. The average Bonchev–Trinajstić information content (AvgIpc) is 2.62. The minimum absolute atomic E-state index is 0.326. The number of ketones is 1. The van der Waals surface area contributed by atoms with Crippen LogP contribution in [0.25, 0.3) is 0 Å². The molecule has 0 spiro atoms. The molecule has 0 aliphatic heterocycles. The molecule has 114 valence electrons. The Balaban J connectivity index is 2.18. The van der Waals surface area contributed by atoms with Gasteiger partial charge in [0.05, 0.1) is 0 Å². The molecule has 0 unspecified atom stereocenters. The van der Waals surface area contributed by atoms with E-state index in [9.17, 15) is 9.90 Å². The van der Waals surface area contributed by atoms with E-state index in [2.05, 4.69) is 0 Å². The second-order valence-electron chi connectivity index (χ2n) is 5.64. The Morgan fingerprint density at radius 2 is 1.22 bits per heavy atom. The van der Waals surface area contributed by atoms with E-state index in [1.807, 2.05) is 55.5 Å². The largest absolute Gasteiger partial charge is 0.373 e. The Hall–Kier alpha value is -2.71. The lowest BCUT2D eigenvalue weighted by atomic mass is 9.80. The zero-order chi connectivity index (χ0) is 16.3. The van der Waals surface area contributed by atoms with Crippen LogP contribution in [-0.2, 0) is 5.60 Å². The first-order valence-corrected chi connectivity index (χ1v) is 7.57. The van der Waals surface area contributed by atoms with Crippen molar-refractivity contribution in [1.29, 1.82) is 0 Å². The number of carbonyl (C=O) groups is 1. The first-order chi connectivity index (χ1) is 11.1. The molecule has 0 amide bonds. The Bertz CT molecular complexity index is 792. The number of aryl methyl sites for hydroxylation is 1. The molecular weight excluding hydrogens is 284 g/mol. The summed E-state index contributed by atoms with van der Waals surface area (Å²) in [5, 5.41) is 11.4. The second-order valence-corrected chi connectivity index (χ2v) is 5.64. The van der Waals surface area contributed by atoms with E-state index >= 15 is 0 Å². The number of hydrogen-bond acceptors (Lipinski definition) is 2. The van der Waals surface area contributed by atoms with Gasteiger partial charge < -0.3 is 5.11 Å². The predicted octanol–water partition coefficient (Wildman–Crippen LogP) is 4.11. The van der Waals surface area contributed by atoms with E-state index in [1.165, 1.54) is 0 Å². The van der Waals surface area contributed by atoms with Gasteiger partial charge in [-0.2, -0.15) is 0 Å². The smallest absolute Gasteiger partial charge is 0.203 e. The van der Waals surface area contributed by atoms with E-state index in [1.54, 1.807) is 36.4 Å². The van der Waals surface area contributed by atoms with Gasteiger partial charge in [-0.3, -0.25) is 4.79 Å². The maximum atomic E-state index is 13.1. The SMILES string of the molecule is Cc1ccc([C@](O)(C(=O)c2ccccc2)c2ccccc2)cc1. The van der Waals surface area contributed by atoms with Crippen molar-refractivity contribution in [2.24, 2.45) is 0 Å². The quantitative estimate of drug-likeness (QED) is 0.736. The molecule has 0 aromatic heterocycles. The van der Waals surface area contributed by atoms with Gasteiger partial charge >= 0.3 is 0 Å². The molecule has 0 heterocycles. The summed E-state index contributed by atoms with van der Waals surface area (Å²) in [6.45, 7) is 1.98. The normalized spacial score (nSPS) is 13.3. The topological polar surface area (TPSA) is 37.3 Å². The maximum absolute atomic E-state index is 13.1. The van der Waals surface area contributed by atoms with Gasteiger partial charge in [0.1, 0.15) is 0 Å². The minimum atomic E-state index is -1.70. The maximum Gasteiger partial charge on any atom is 0.203 e. The number of hydrogen-bond donors (Lipinski definition) is 1. The minimum Gasteiger partial charge on any atom is -0.373 e. The molecule has 2 nitrogen and oxygen atoms in total. The van der Waals surface area contributed by atoms with Crippen LogP contribution in [-0.4, -0.2) is 10.9 Å². The molecule has 2 heteroatoms. The van der Waals surface area contributed by atoms with Gasteiger partial charge in [-0.1, -0.05) is 90.5 Å². The lowest BCUT2D eigenvalue weighted by molar-refractivity contribution is 0.0488. The number of benzene rings is 3. The molecule has 0 saturated carbocycles. The van der Waals surface area contributed by atoms with Crippen LogP contribution in [0.15, 0.2) is 84.9 Å². The van der Waals surface area contributed by atoms with Crippen molar-refractivity contribution in [2.45, 2.75) is 12.5 Å². The number of carbonyl (C=O) groups excluding carboxylic acids is 1. The number of rotatable bonds is 4. The summed E-state index contributed by atoms with van der Waals surface area (Å²) in [5.74, 6) is -0.326. The molecular formula is C21H18O2. The molecule has 0 radical (unpaired) electrons. The van der Waals surface area contributed by atoms with E-state index in [0.717, 1.165) is 5.56 Å². The summed E-state index contributed by atoms with van der Waals surface area (Å²) in [6, 6.07) is 25.4. The Morgan fingerprint density at radius 3 is 1.78 bits per heavy atom. The summed E-state index contributed by atoms with van der Waals surface area (Å²) >= 11 is 0. The molecule has 3 aromatic rings. The second kappa shape index (κ2) is 6.19. The fourth-order valence-corrected chi connectivity index (χ4v) is 2.70. The van der Waals surface area contributed by atoms with Gasteiger partial charge in [0, 0.05) is 5.56 Å². The van der Waals surface area contributed by atoms with Crippen molar-refractivity contribution < 1.29 is 9.90 Å². The number of Topliss-reactive ketones (excluding diaryl/α,β-unsaturated/α-hetero) is 1. The molecule has 0 bridgehead atoms. The summed E-state index contributed by atoms with van der Waals surface area (Å²) in [5.41, 5.74) is 1.01. The van der Waals surface area contributed by atoms with Crippen molar-refractivity contribution in [3.8, 4) is 0 Å². The lowest BCUT2D eigenvalue weighted by Gasteiger charge is -2.28. The first kappa shape index (κ1) is 15.2. The van der Waals surface area contributed by atoms with Crippen LogP contribution >= 0.6 is 0 Å². The van der Waals surface area contributed by atoms with Crippen molar-refractivity contribution >= 4 is 5.78 Å². The fourth-order valence-electron chi connectivity index (χ4n) is 2.70. The highest BCUT2D eigenvalue weighted by molar-refractivity contribution is 6.05. The summed E-state index contributed by atoms with van der Waals surface area (Å²) < 4.78 is 0. The number of aliphatic hydroxyl groups is 1. The highest BCUT2D eigenvalue weighted by Crippen LogP contribution is 2.33. The Labute approximate surface area is 136 Å². The molecule has 0 fully saturated rings. The Morgan fingerprint density at radius 1 is 0.739 bits per heavy atom. The Kier molecular flexibility index (Phi) is 4.09. The van der Waals surface area contributed by atoms with Crippen LogP contribution in [0.5, 0.6) is 0 Å². The van der Waals surface area contributed by atoms with Gasteiger partial charge in [-0.15, -0.1) is 0 Å². The average molecular weight is 302 g/mol. The van der Waals surface area contributed by atoms with Crippen LogP contribution in [0, 0.1) is 6.92 Å². The zero-order valence-corrected chi connectivity index (χ0v) is 12.9. The highest BCUT2D eigenvalue weighted by Gasteiger charge is 2.40. The first-order valence-electron chi connectivity index (χ1n) is 7.57. The van der Waals surface area contributed by atoms with Crippen LogP contribution < -0.4 is 0 Å². The summed E-state index contributed by atoms with van der Waals surface area (Å²) in [4.78, 5) is 13.1. The fraction of sp³-hybridized carbons (Fsp3) is 0.0952. The van der Waals surface area contributed by atoms with E-state index < -0.39 is 5.60 Å². The summed E-state index contributed by atoms with van der Waals surface area (Å²) in [6.07, 6.45) is 0. The molecule has 0 aliphatic rings. The van der Waals surface area contributed by atoms with Crippen molar-refractivity contribution in [3.05, 3.63) is 107 Å². The van der Waals surface area contributed by atoms with Crippen molar-refractivity contribution in [3.63, 3.8) is 0 Å². The van der Waals surface area contributed by atoms with Crippen LogP contribution in [0.3, 0.4) is 0 Å². The molecule has 23 heavy (non-hydrogen) atoms. The third-order valence-electron chi connectivity index (χ3n) is 4.03. The van der Waals surface area contributed by atoms with Crippen LogP contribution in [0.2, 0.25) is 0 Å². The highest BCUT2D eigenvalue weighted by atomic mass is 16.3. The molecule has 0 aliphatic carbocycles. The van der Waals surface area contributed by atoms with Gasteiger partial charge in [-0.25, -0.2) is 0 Å². The summed E-state index contributed by atoms with van der Waals surface area (Å²) in [7, 11) is 0. The van der Waals surface area contributed by atoms with E-state index in [0.29, 0.717) is 16.7 Å². The van der Waals surface area contributed by atoms with Crippen LogP contribution in [0.1, 0.15) is 27.0 Å². The van der Waals surface area contributed by atoms with Crippen molar-refractivity contribution in [1.82, 2.24) is 0 Å². The van der Waals surface area contributed by atoms with Gasteiger partial charge in [0.25, 0.3) is 0 Å². The van der Waals surface area contributed by atoms with E-state index in [-0.39, 0.29) is 5.78 Å². The third-order valence-corrected chi connectivity index (χ3v) is 4.03. The lowest BCUT2D eigenvalue weighted by Crippen LogP contribution is -2.37. The molecule has 1 N–H and O–H groups in total. The van der Waals surface area contributed by atoms with Crippen LogP contribution in [0.4, 0.5) is 0 Å². The molecule has 0 saturated heterocycles. The predicted molar refractivity (Wildman–Crippen MR) is 91.4 cm³/mol. The van der Waals surface area contributed by atoms with Gasteiger partial charge in [0.2, 0.25) is 5.78 Å². The molecule has 1 atom stereocenters. The third kappa shape index (κ3) is 2.81. The molecule has 3 rings (SSSR count). The van der Waals surface area contributed by atoms with Gasteiger partial charge in [-0.05, 0) is 18.1 Å². The van der Waals surface area contributed by atoms with E-state index in [4.69, 9.17) is 0 Å². The van der Waals surface area contributed by atoms with Crippen molar-refractivity contribution in [2.75, 3.05) is 0 Å². The zero-order valence-electron chi connectivity index (χ0n) is 12.9. The standard InChI is InChI=1S/C21H18O2/c1-16-12-14-19(15-13-16)21(23,18-10-6-3-7-11-18)20(22)17-8-4-2-5-9-17/h2-15,23H,1H3/t21-/m0/s1.